The molecule has 0 aliphatic carbocycles. The molecule has 35 heavy (non-hydrogen) atoms. The molecule has 0 unspecified atom stereocenters. The lowest BCUT2D eigenvalue weighted by Gasteiger charge is -2.11. The van der Waals surface area contributed by atoms with E-state index in [0.717, 1.165) is 5.56 Å². The minimum Gasteiger partial charge on any atom is -0.497 e. The van der Waals surface area contributed by atoms with Gasteiger partial charge in [-0.05, 0) is 61.0 Å². The predicted octanol–water partition coefficient (Wildman–Crippen LogP) is 5.00. The number of pyridine rings is 1. The Bertz CT molecular complexity index is 1570. The van der Waals surface area contributed by atoms with Gasteiger partial charge in [-0.1, -0.05) is 23.7 Å². The molecule has 4 rings (SSSR count). The summed E-state index contributed by atoms with van der Waals surface area (Å²) in [6.45, 7) is 1.81. The van der Waals surface area contributed by atoms with Gasteiger partial charge < -0.3 is 14.8 Å². The Kier molecular flexibility index (Phi) is 6.81. The van der Waals surface area contributed by atoms with E-state index in [1.807, 2.05) is 13.0 Å². The number of hydrogen-bond donors (Lipinski definition) is 1. The van der Waals surface area contributed by atoms with Crippen LogP contribution in [-0.4, -0.2) is 22.4 Å². The van der Waals surface area contributed by atoms with Crippen molar-refractivity contribution >= 4 is 34.9 Å². The Balaban J connectivity index is 1.79. The van der Waals surface area contributed by atoms with Crippen LogP contribution in [0.25, 0.3) is 11.7 Å². The Morgan fingerprint density at radius 1 is 1.14 bits per heavy atom. The van der Waals surface area contributed by atoms with Crippen molar-refractivity contribution in [3.8, 4) is 23.4 Å². The van der Waals surface area contributed by atoms with E-state index >= 15 is 0 Å². The molecule has 2 aromatic carbocycles. The van der Waals surface area contributed by atoms with E-state index < -0.39 is 11.5 Å². The topological polar surface area (TPSA) is 106 Å². The van der Waals surface area contributed by atoms with Crippen molar-refractivity contribution in [3.63, 3.8) is 0 Å². The number of aryl methyl sites for hydroxylation is 1. The van der Waals surface area contributed by atoms with Gasteiger partial charge in [0, 0.05) is 23.0 Å². The number of anilines is 1. The van der Waals surface area contributed by atoms with Gasteiger partial charge >= 0.3 is 0 Å². The van der Waals surface area contributed by atoms with Crippen molar-refractivity contribution in [2.45, 2.75) is 6.92 Å². The third-order valence-electron chi connectivity index (χ3n) is 5.06. The van der Waals surface area contributed by atoms with Crippen molar-refractivity contribution in [2.24, 2.45) is 0 Å². The number of amides is 1. The van der Waals surface area contributed by atoms with Gasteiger partial charge in [-0.2, -0.15) is 10.2 Å². The van der Waals surface area contributed by atoms with Crippen molar-refractivity contribution < 1.29 is 14.3 Å². The highest BCUT2D eigenvalue weighted by atomic mass is 35.5. The molecule has 2 heterocycles. The summed E-state index contributed by atoms with van der Waals surface area (Å²) in [6.07, 6.45) is 2.71. The zero-order valence-corrected chi connectivity index (χ0v) is 19.5. The Morgan fingerprint density at radius 2 is 1.97 bits per heavy atom. The number of aromatic nitrogens is 2. The number of carbonyl (C=O) groups excluding carboxylic acids is 1. The number of ether oxygens (including phenoxy) is 2. The van der Waals surface area contributed by atoms with E-state index in [-0.39, 0.29) is 17.0 Å². The molecule has 0 radical (unpaired) electrons. The first-order chi connectivity index (χ1) is 16.9. The number of halogens is 1. The first-order valence-electron chi connectivity index (χ1n) is 10.4. The van der Waals surface area contributed by atoms with Crippen LogP contribution >= 0.6 is 11.6 Å². The number of nitriles is 1. The predicted molar refractivity (Wildman–Crippen MR) is 133 cm³/mol. The number of nitrogens with one attached hydrogen (secondary N) is 1. The van der Waals surface area contributed by atoms with Gasteiger partial charge in [0.2, 0.25) is 5.88 Å². The van der Waals surface area contributed by atoms with Gasteiger partial charge in [0.25, 0.3) is 11.5 Å². The highest BCUT2D eigenvalue weighted by molar-refractivity contribution is 6.31. The molecule has 0 fully saturated rings. The van der Waals surface area contributed by atoms with E-state index in [1.165, 1.54) is 17.6 Å². The molecular weight excluding hydrogens is 468 g/mol. The third-order valence-corrected chi connectivity index (χ3v) is 5.48. The van der Waals surface area contributed by atoms with Crippen LogP contribution in [0.1, 0.15) is 11.1 Å². The van der Waals surface area contributed by atoms with Crippen LogP contribution in [0.5, 0.6) is 17.4 Å². The Hall–Kier alpha value is -4.61. The molecular formula is C26H19ClN4O4. The average Bonchev–Trinajstić information content (AvgIpc) is 2.86. The quantitative estimate of drug-likeness (QED) is 0.303. The third kappa shape index (κ3) is 5.16. The van der Waals surface area contributed by atoms with E-state index in [9.17, 15) is 14.9 Å². The molecule has 174 valence electrons. The number of hydrogen-bond acceptors (Lipinski definition) is 6. The fourth-order valence-electron chi connectivity index (χ4n) is 3.27. The molecule has 0 saturated carbocycles. The molecule has 0 saturated heterocycles. The Morgan fingerprint density at radius 3 is 2.71 bits per heavy atom. The maximum absolute atomic E-state index is 13.3. The van der Waals surface area contributed by atoms with Gasteiger partial charge in [0.15, 0.2) is 0 Å². The van der Waals surface area contributed by atoms with Crippen LogP contribution in [-0.2, 0) is 4.79 Å². The van der Waals surface area contributed by atoms with Crippen molar-refractivity contribution in [3.05, 3.63) is 98.9 Å². The molecule has 1 N–H and O–H groups in total. The average molecular weight is 487 g/mol. The molecule has 4 aromatic rings. The number of benzene rings is 2. The zero-order valence-electron chi connectivity index (χ0n) is 18.8. The number of methoxy groups -OCH3 is 1. The van der Waals surface area contributed by atoms with Crippen LogP contribution in [0.2, 0.25) is 5.02 Å². The highest BCUT2D eigenvalue weighted by Gasteiger charge is 2.18. The summed E-state index contributed by atoms with van der Waals surface area (Å²) in [4.78, 5) is 30.6. The lowest BCUT2D eigenvalue weighted by Crippen LogP contribution is -2.20. The summed E-state index contributed by atoms with van der Waals surface area (Å²) in [6, 6.07) is 18.6. The summed E-state index contributed by atoms with van der Waals surface area (Å²) in [7, 11) is 1.51. The van der Waals surface area contributed by atoms with Gasteiger partial charge in [0.05, 0.1) is 7.11 Å². The first-order valence-corrected chi connectivity index (χ1v) is 10.8. The molecule has 0 spiro atoms. The van der Waals surface area contributed by atoms with Gasteiger partial charge in [-0.15, -0.1) is 0 Å². The second-order valence-electron chi connectivity index (χ2n) is 7.43. The standard InChI is InChI=1S/C26H19ClN4O4/c1-16-12-20(9-10-22(16)27)35-25-21(26(33)31-11-4-3-8-23(31)30-25)13-17(15-28)24(32)29-18-6-5-7-19(14-18)34-2/h3-14H,1-2H3,(H,29,32)/b17-13-. The summed E-state index contributed by atoms with van der Waals surface area (Å²) in [5.41, 5.74) is 0.678. The van der Waals surface area contributed by atoms with Crippen LogP contribution < -0.4 is 20.3 Å². The normalized spacial score (nSPS) is 11.1. The van der Waals surface area contributed by atoms with Crippen molar-refractivity contribution in [2.75, 3.05) is 12.4 Å². The lowest BCUT2D eigenvalue weighted by molar-refractivity contribution is -0.112. The number of nitrogens with zero attached hydrogens (tertiary/aromatic N) is 3. The largest absolute Gasteiger partial charge is 0.497 e. The van der Waals surface area contributed by atoms with Gasteiger partial charge in [0.1, 0.15) is 34.4 Å². The monoisotopic (exact) mass is 486 g/mol. The van der Waals surface area contributed by atoms with Gasteiger partial charge in [-0.25, -0.2) is 0 Å². The van der Waals surface area contributed by atoms with Crippen molar-refractivity contribution in [1.82, 2.24) is 9.38 Å². The maximum atomic E-state index is 13.3. The molecule has 1 amide bonds. The first kappa shape index (κ1) is 23.5. The minimum absolute atomic E-state index is 0.0511. The van der Waals surface area contributed by atoms with Crippen molar-refractivity contribution in [1.29, 1.82) is 5.26 Å². The van der Waals surface area contributed by atoms with Crippen LogP contribution in [0.3, 0.4) is 0 Å². The second kappa shape index (κ2) is 10.1. The second-order valence-corrected chi connectivity index (χ2v) is 7.84. The Labute approximate surface area is 205 Å². The van der Waals surface area contributed by atoms with Gasteiger partial charge in [-0.3, -0.25) is 14.0 Å². The zero-order chi connectivity index (χ0) is 24.9. The summed E-state index contributed by atoms with van der Waals surface area (Å²) in [5, 5.41) is 12.9. The maximum Gasteiger partial charge on any atom is 0.269 e. The number of carbonyl (C=O) groups is 1. The summed E-state index contributed by atoms with van der Waals surface area (Å²) < 4.78 is 12.4. The van der Waals surface area contributed by atoms with E-state index in [0.29, 0.717) is 27.9 Å². The van der Waals surface area contributed by atoms with Crippen LogP contribution in [0.4, 0.5) is 5.69 Å². The summed E-state index contributed by atoms with van der Waals surface area (Å²) in [5.74, 6) is 0.181. The fourth-order valence-corrected chi connectivity index (χ4v) is 3.39. The van der Waals surface area contributed by atoms with E-state index in [4.69, 9.17) is 21.1 Å². The fraction of sp³-hybridized carbons (Fsp3) is 0.0769. The molecule has 9 heteroatoms. The molecule has 0 aliphatic rings. The molecule has 0 aliphatic heterocycles. The smallest absolute Gasteiger partial charge is 0.269 e. The molecule has 2 aromatic heterocycles. The van der Waals surface area contributed by atoms with Crippen LogP contribution in [0, 0.1) is 18.3 Å². The highest BCUT2D eigenvalue weighted by Crippen LogP contribution is 2.27. The summed E-state index contributed by atoms with van der Waals surface area (Å²) >= 11 is 6.10. The van der Waals surface area contributed by atoms with E-state index in [2.05, 4.69) is 10.3 Å². The van der Waals surface area contributed by atoms with E-state index in [1.54, 1.807) is 66.9 Å². The number of fused-ring (bicyclic) bond motifs is 1. The van der Waals surface area contributed by atoms with Crippen LogP contribution in [0.15, 0.2) is 77.2 Å². The molecule has 0 bridgehead atoms. The minimum atomic E-state index is -0.702. The molecule has 0 atom stereocenters. The number of rotatable bonds is 6. The SMILES string of the molecule is COc1cccc(NC(=O)/C(C#N)=C\c2c(Oc3ccc(Cl)c(C)c3)nc3ccccn3c2=O)c1. The lowest BCUT2D eigenvalue weighted by atomic mass is 10.1. The molecule has 8 nitrogen and oxygen atoms in total.